The first-order valence-corrected chi connectivity index (χ1v) is 11.4. The molecule has 0 amide bonds. The van der Waals surface area contributed by atoms with Crippen LogP contribution in [0.1, 0.15) is 44.2 Å². The number of nitrogens with two attached hydrogens (primary N) is 2. The Balaban J connectivity index is 1.58. The fraction of sp³-hybridized carbons (Fsp3) is 0.440. The van der Waals surface area contributed by atoms with E-state index in [0.29, 0.717) is 43.0 Å². The van der Waals surface area contributed by atoms with E-state index in [-0.39, 0.29) is 11.2 Å². The van der Waals surface area contributed by atoms with E-state index in [2.05, 4.69) is 41.8 Å². The van der Waals surface area contributed by atoms with Gasteiger partial charge in [-0.3, -0.25) is 0 Å². The molecule has 2 aliphatic heterocycles. The Morgan fingerprint density at radius 3 is 2.59 bits per heavy atom. The number of amidine groups is 1. The van der Waals surface area contributed by atoms with Crippen LogP contribution in [0.5, 0.6) is 0 Å². The van der Waals surface area contributed by atoms with Gasteiger partial charge in [-0.1, -0.05) is 19.9 Å². The number of nitrogens with zero attached hydrogens (tertiary/aromatic N) is 4. The number of pyridine rings is 1. The van der Waals surface area contributed by atoms with Crippen molar-refractivity contribution in [2.75, 3.05) is 36.5 Å². The van der Waals surface area contributed by atoms with Crippen molar-refractivity contribution in [3.63, 3.8) is 0 Å². The number of anilines is 2. The lowest BCUT2D eigenvalue weighted by atomic mass is 9.78. The lowest BCUT2D eigenvalue weighted by molar-refractivity contribution is -0.137. The first-order chi connectivity index (χ1) is 16.0. The smallest absolute Gasteiger partial charge is 0.402 e. The van der Waals surface area contributed by atoms with Crippen molar-refractivity contribution >= 4 is 23.0 Å². The van der Waals surface area contributed by atoms with Crippen LogP contribution in [0.3, 0.4) is 0 Å². The summed E-state index contributed by atoms with van der Waals surface area (Å²) >= 11 is 0. The van der Waals surface area contributed by atoms with Gasteiger partial charge < -0.3 is 21.3 Å². The molecule has 9 heteroatoms. The Morgan fingerprint density at radius 2 is 1.85 bits per heavy atom. The lowest BCUT2D eigenvalue weighted by Gasteiger charge is -2.38. The molecule has 0 bridgehead atoms. The monoisotopic (exact) mass is 472 g/mol. The molecule has 2 aromatic rings. The summed E-state index contributed by atoms with van der Waals surface area (Å²) in [6.45, 7) is 6.08. The first kappa shape index (κ1) is 23.9. The second kappa shape index (κ2) is 8.85. The molecule has 0 fully saturated rings. The summed E-state index contributed by atoms with van der Waals surface area (Å²) in [7, 11) is 2.07. The van der Waals surface area contributed by atoms with E-state index in [4.69, 9.17) is 11.5 Å². The molecular weight excluding hydrogens is 441 g/mol. The summed E-state index contributed by atoms with van der Waals surface area (Å²) in [5, 5.41) is 0. The van der Waals surface area contributed by atoms with Crippen LogP contribution in [0, 0.1) is 0 Å². The van der Waals surface area contributed by atoms with Gasteiger partial charge in [0, 0.05) is 56.3 Å². The maximum atomic E-state index is 13.5. The van der Waals surface area contributed by atoms with Crippen molar-refractivity contribution in [3.05, 3.63) is 58.9 Å². The van der Waals surface area contributed by atoms with Crippen molar-refractivity contribution in [1.29, 1.82) is 0 Å². The number of hydrogen-bond donors (Lipinski definition) is 2. The molecular formula is C25H31F3N6. The Morgan fingerprint density at radius 1 is 1.12 bits per heavy atom. The van der Waals surface area contributed by atoms with Gasteiger partial charge in [-0.2, -0.15) is 13.2 Å². The van der Waals surface area contributed by atoms with Gasteiger partial charge in [0.1, 0.15) is 11.7 Å². The summed E-state index contributed by atoms with van der Waals surface area (Å²) in [6, 6.07) is 8.44. The topological polar surface area (TPSA) is 83.8 Å². The fourth-order valence-corrected chi connectivity index (χ4v) is 4.69. The molecule has 4 rings (SSSR count). The van der Waals surface area contributed by atoms with E-state index in [0.717, 1.165) is 30.4 Å². The molecule has 0 aliphatic carbocycles. The third-order valence-corrected chi connectivity index (χ3v) is 6.81. The van der Waals surface area contributed by atoms with Crippen molar-refractivity contribution in [2.24, 2.45) is 16.5 Å². The third-order valence-electron chi connectivity index (χ3n) is 6.81. The van der Waals surface area contributed by atoms with Crippen LogP contribution in [0.15, 0.2) is 52.8 Å². The number of halogens is 3. The predicted molar refractivity (Wildman–Crippen MR) is 131 cm³/mol. The minimum absolute atomic E-state index is 0.0834. The summed E-state index contributed by atoms with van der Waals surface area (Å²) in [6.07, 6.45) is -1.27. The van der Waals surface area contributed by atoms with Crippen molar-refractivity contribution in [2.45, 2.75) is 44.7 Å². The Hall–Kier alpha value is -3.23. The number of aromatic nitrogens is 1. The minimum Gasteiger partial charge on any atom is -0.402 e. The van der Waals surface area contributed by atoms with E-state index in [1.165, 1.54) is 17.8 Å². The van der Waals surface area contributed by atoms with Crippen LogP contribution >= 0.6 is 0 Å². The average Bonchev–Trinajstić information content (AvgIpc) is 2.97. The van der Waals surface area contributed by atoms with E-state index < -0.39 is 11.7 Å². The zero-order chi connectivity index (χ0) is 24.7. The van der Waals surface area contributed by atoms with E-state index in [1.807, 2.05) is 12.1 Å². The van der Waals surface area contributed by atoms with Gasteiger partial charge in [0.05, 0.1) is 11.3 Å². The first-order valence-electron chi connectivity index (χ1n) is 11.4. The second-order valence-electron chi connectivity index (χ2n) is 9.62. The molecule has 3 heterocycles. The minimum atomic E-state index is -4.48. The predicted octanol–water partition coefficient (Wildman–Crippen LogP) is 4.72. The second-order valence-corrected chi connectivity index (χ2v) is 9.62. The van der Waals surface area contributed by atoms with Crippen molar-refractivity contribution in [1.82, 2.24) is 4.98 Å². The molecule has 182 valence electrons. The van der Waals surface area contributed by atoms with E-state index in [1.54, 1.807) is 4.90 Å². The number of aliphatic imine (C=N–C) groups is 1. The highest BCUT2D eigenvalue weighted by Gasteiger charge is 2.36. The van der Waals surface area contributed by atoms with Crippen LogP contribution in [0.2, 0.25) is 0 Å². The van der Waals surface area contributed by atoms with Crippen LogP contribution in [0.4, 0.5) is 30.4 Å². The number of hydrogen-bond acceptors (Lipinski definition) is 5. The highest BCUT2D eigenvalue weighted by Crippen LogP contribution is 2.41. The average molecular weight is 473 g/mol. The molecule has 34 heavy (non-hydrogen) atoms. The van der Waals surface area contributed by atoms with Gasteiger partial charge in [0.15, 0.2) is 0 Å². The molecule has 0 atom stereocenters. The Labute approximate surface area is 198 Å². The molecule has 0 spiro atoms. The Kier molecular flexibility index (Phi) is 6.22. The van der Waals surface area contributed by atoms with E-state index >= 15 is 0 Å². The lowest BCUT2D eigenvalue weighted by Crippen LogP contribution is -2.34. The molecule has 1 aromatic carbocycles. The molecule has 0 unspecified atom stereocenters. The van der Waals surface area contributed by atoms with Crippen LogP contribution in [0.25, 0.3) is 0 Å². The molecule has 2 aliphatic rings. The number of benzene rings is 1. The van der Waals surface area contributed by atoms with Gasteiger partial charge in [0.2, 0.25) is 0 Å². The van der Waals surface area contributed by atoms with Crippen molar-refractivity contribution in [3.8, 4) is 0 Å². The normalized spacial score (nSPS) is 19.2. The molecule has 6 nitrogen and oxygen atoms in total. The summed E-state index contributed by atoms with van der Waals surface area (Å²) < 4.78 is 40.4. The maximum Gasteiger partial charge on any atom is 0.419 e. The summed E-state index contributed by atoms with van der Waals surface area (Å²) in [4.78, 5) is 12.5. The highest BCUT2D eigenvalue weighted by atomic mass is 19.4. The maximum absolute atomic E-state index is 13.5. The summed E-state index contributed by atoms with van der Waals surface area (Å²) in [5.41, 5.74) is 16.4. The highest BCUT2D eigenvalue weighted by molar-refractivity contribution is 5.99. The number of rotatable bonds is 3. The van der Waals surface area contributed by atoms with Crippen LogP contribution < -0.4 is 21.3 Å². The number of fused-ring (bicyclic) bond motifs is 1. The van der Waals surface area contributed by atoms with Gasteiger partial charge in [0.25, 0.3) is 0 Å². The Bertz CT molecular complexity index is 1140. The quantitative estimate of drug-likeness (QED) is 0.499. The fourth-order valence-electron chi connectivity index (χ4n) is 4.69. The zero-order valence-electron chi connectivity index (χ0n) is 19.8. The zero-order valence-corrected chi connectivity index (χ0v) is 19.8. The van der Waals surface area contributed by atoms with Gasteiger partial charge in [-0.15, -0.1) is 0 Å². The van der Waals surface area contributed by atoms with Gasteiger partial charge in [-0.25, -0.2) is 9.98 Å². The molecule has 0 saturated carbocycles. The number of alkyl halides is 3. The van der Waals surface area contributed by atoms with E-state index in [9.17, 15) is 13.2 Å². The van der Waals surface area contributed by atoms with Gasteiger partial charge >= 0.3 is 6.18 Å². The van der Waals surface area contributed by atoms with Crippen molar-refractivity contribution < 1.29 is 13.2 Å². The van der Waals surface area contributed by atoms with Gasteiger partial charge in [-0.05, 0) is 48.1 Å². The molecule has 0 radical (unpaired) electrons. The molecule has 4 N–H and O–H groups in total. The third kappa shape index (κ3) is 4.69. The SMILES string of the molecule is CN1CCC(C)(C)c2ccc(N=C(N)C3=C(N)CCN(c4ncccc4C(F)(F)F)CC3)cc21. The van der Waals surface area contributed by atoms with Crippen LogP contribution in [-0.4, -0.2) is 37.5 Å². The summed E-state index contributed by atoms with van der Waals surface area (Å²) in [5.74, 6) is 0.217. The molecule has 1 aromatic heterocycles. The largest absolute Gasteiger partial charge is 0.419 e. The molecule has 0 saturated heterocycles. The standard InChI is InChI=1S/C25H31F3N6/c1-24(2)10-14-33(3)21-15-16(6-7-18(21)24)32-22(30)17-8-12-34(13-9-20(17)29)23-19(25(26,27)28)5-4-11-31-23/h4-7,11,15H,8-10,12-14,29H2,1-3H3,(H2,30,32). The van der Waals surface area contributed by atoms with Crippen LogP contribution in [-0.2, 0) is 11.6 Å².